The van der Waals surface area contributed by atoms with E-state index in [4.69, 9.17) is 4.89 Å². The first kappa shape index (κ1) is 13.8. The molecule has 12 heavy (non-hydrogen) atoms. The molecule has 70 valence electrons. The zero-order valence-electron chi connectivity index (χ0n) is 7.11. The maximum absolute atomic E-state index is 9.95. The third kappa shape index (κ3) is 16.1. The second-order valence-electron chi connectivity index (χ2n) is 1.47. The minimum Gasteiger partial charge on any atom is -0.356 e. The summed E-state index contributed by atoms with van der Waals surface area (Å²) < 4.78 is 13.6. The zero-order valence-corrected chi connectivity index (χ0v) is 8.01. The molecule has 2 N–H and O–H groups in total. The molecule has 0 saturated carbocycles. The Morgan fingerprint density at radius 3 is 2.33 bits per heavy atom. The average Bonchev–Trinajstić information content (AvgIpc) is 2.04. The second kappa shape index (κ2) is 10.2. The van der Waals surface area contributed by atoms with E-state index < -0.39 is 8.25 Å². The molecule has 1 atom stereocenters. The molecular weight excluding hydrogens is 181 g/mol. The van der Waals surface area contributed by atoms with E-state index in [-0.39, 0.29) is 5.91 Å². The highest BCUT2D eigenvalue weighted by Crippen LogP contribution is 2.12. The van der Waals surface area contributed by atoms with Crippen molar-refractivity contribution in [2.75, 3.05) is 13.7 Å². The first-order valence-corrected chi connectivity index (χ1v) is 4.34. The molecule has 0 aromatic heterocycles. The molecule has 0 radical (unpaired) electrons. The maximum atomic E-state index is 9.95. The fraction of sp³-hybridized carbons (Fsp3) is 0.500. The Bertz CT molecular complexity index is 160. The second-order valence-corrected chi connectivity index (χ2v) is 2.21. The maximum Gasteiger partial charge on any atom is 0.694 e. The van der Waals surface area contributed by atoms with Gasteiger partial charge in [-0.15, -0.1) is 9.42 Å². The lowest BCUT2D eigenvalue weighted by Crippen LogP contribution is -2.13. The van der Waals surface area contributed by atoms with Crippen molar-refractivity contribution in [3.05, 3.63) is 12.7 Å². The van der Waals surface area contributed by atoms with Gasteiger partial charge in [0.15, 0.2) is 0 Å². The van der Waals surface area contributed by atoms with Crippen molar-refractivity contribution in [1.29, 1.82) is 0 Å². The predicted octanol–water partition coefficient (Wildman–Crippen LogP) is 0.591. The van der Waals surface area contributed by atoms with Crippen LogP contribution in [0, 0.1) is 0 Å². The van der Waals surface area contributed by atoms with Crippen LogP contribution < -0.4 is 5.32 Å². The molecule has 1 unspecified atom stereocenters. The van der Waals surface area contributed by atoms with Gasteiger partial charge >= 0.3 is 8.25 Å². The largest absolute Gasteiger partial charge is 0.694 e. The van der Waals surface area contributed by atoms with Crippen molar-refractivity contribution < 1.29 is 18.8 Å². The number of rotatable bonds is 3. The van der Waals surface area contributed by atoms with Crippen molar-refractivity contribution in [3.63, 3.8) is 0 Å². The molecular formula is C6H13NO4P+. The van der Waals surface area contributed by atoms with Crippen LogP contribution in [0.4, 0.5) is 0 Å². The van der Waals surface area contributed by atoms with Gasteiger partial charge in [0, 0.05) is 11.6 Å². The van der Waals surface area contributed by atoms with Crippen LogP contribution in [0.15, 0.2) is 12.7 Å². The van der Waals surface area contributed by atoms with E-state index in [2.05, 4.69) is 16.4 Å². The van der Waals surface area contributed by atoms with Gasteiger partial charge in [-0.25, -0.2) is 0 Å². The third-order valence-corrected chi connectivity index (χ3v) is 1.15. The van der Waals surface area contributed by atoms with Crippen molar-refractivity contribution in [3.8, 4) is 0 Å². The molecule has 0 aromatic carbocycles. The molecule has 0 aliphatic carbocycles. The topological polar surface area (TPSA) is 75.6 Å². The molecule has 6 heteroatoms. The van der Waals surface area contributed by atoms with E-state index >= 15 is 0 Å². The number of nitrogens with one attached hydrogen (secondary N) is 1. The molecule has 0 aliphatic rings. The highest BCUT2D eigenvalue weighted by Gasteiger charge is 2.06. The van der Waals surface area contributed by atoms with Gasteiger partial charge in [0.2, 0.25) is 5.91 Å². The lowest BCUT2D eigenvalue weighted by atomic mass is 10.6. The van der Waals surface area contributed by atoms with Crippen molar-refractivity contribution in [2.45, 2.75) is 6.92 Å². The van der Waals surface area contributed by atoms with Crippen LogP contribution in [0.5, 0.6) is 0 Å². The molecule has 0 aliphatic heterocycles. The van der Waals surface area contributed by atoms with E-state index in [1.807, 2.05) is 0 Å². The number of hydrogen-bond donors (Lipinski definition) is 2. The summed E-state index contributed by atoms with van der Waals surface area (Å²) in [5.41, 5.74) is 0. The Morgan fingerprint density at radius 1 is 1.83 bits per heavy atom. The predicted molar refractivity (Wildman–Crippen MR) is 45.7 cm³/mol. The molecule has 0 heterocycles. The molecule has 0 spiro atoms. The fourth-order valence-corrected chi connectivity index (χ4v) is 0.433. The van der Waals surface area contributed by atoms with Gasteiger partial charge in [0.05, 0.1) is 0 Å². The molecule has 1 amide bonds. The van der Waals surface area contributed by atoms with E-state index in [9.17, 15) is 9.36 Å². The van der Waals surface area contributed by atoms with Crippen LogP contribution in [-0.2, 0) is 13.9 Å². The number of amides is 1. The van der Waals surface area contributed by atoms with E-state index in [0.29, 0.717) is 6.61 Å². The summed E-state index contributed by atoms with van der Waals surface area (Å²) in [6.07, 6.45) is 1.22. The van der Waals surface area contributed by atoms with Crippen LogP contribution in [0.25, 0.3) is 0 Å². The number of carbonyl (C=O) groups excluding carboxylic acids is 1. The van der Waals surface area contributed by atoms with Crippen LogP contribution in [-0.4, -0.2) is 24.5 Å². The molecule has 0 fully saturated rings. The van der Waals surface area contributed by atoms with Crippen LogP contribution in [0.2, 0.25) is 0 Å². The van der Waals surface area contributed by atoms with E-state index in [1.165, 1.54) is 6.08 Å². The highest BCUT2D eigenvalue weighted by atomic mass is 31.1. The van der Waals surface area contributed by atoms with E-state index in [1.54, 1.807) is 14.0 Å². The number of hydrogen-bond acceptors (Lipinski definition) is 3. The minimum absolute atomic E-state index is 0.144. The molecule has 0 aromatic rings. The van der Waals surface area contributed by atoms with Gasteiger partial charge in [-0.2, -0.15) is 0 Å². The van der Waals surface area contributed by atoms with Gasteiger partial charge in [0.1, 0.15) is 6.61 Å². The van der Waals surface area contributed by atoms with Gasteiger partial charge in [0.25, 0.3) is 0 Å². The first-order chi connectivity index (χ1) is 5.58. The van der Waals surface area contributed by atoms with Crippen LogP contribution >= 0.6 is 8.25 Å². The standard InChI is InChI=1S/C4H7NO.C2H5O3P/c1-3-4(6)5-2;1-2-5-6(3)4/h3H,1H2,2H3,(H,5,6);2H2,1H3/p+1. The molecule has 5 nitrogen and oxygen atoms in total. The fourth-order valence-electron chi connectivity index (χ4n) is 0.213. The molecule has 0 bridgehead atoms. The average molecular weight is 194 g/mol. The van der Waals surface area contributed by atoms with Gasteiger partial charge < -0.3 is 5.32 Å². The summed E-state index contributed by atoms with van der Waals surface area (Å²) in [4.78, 5) is 17.8. The lowest BCUT2D eigenvalue weighted by molar-refractivity contribution is -0.116. The summed E-state index contributed by atoms with van der Waals surface area (Å²) in [5.74, 6) is -0.144. The van der Waals surface area contributed by atoms with Crippen LogP contribution in [0.1, 0.15) is 6.92 Å². The van der Waals surface area contributed by atoms with Crippen LogP contribution in [0.3, 0.4) is 0 Å². The number of carbonyl (C=O) groups is 1. The number of likely N-dealkylation sites (N-methyl/N-ethyl adjacent to an activating group) is 1. The SMILES string of the molecule is C=CC(=O)NC.CCO[P+](=O)O. The van der Waals surface area contributed by atoms with Crippen molar-refractivity contribution >= 4 is 14.2 Å². The zero-order chi connectivity index (χ0) is 9.98. The van der Waals surface area contributed by atoms with Crippen molar-refractivity contribution in [2.24, 2.45) is 0 Å². The minimum atomic E-state index is -2.35. The lowest BCUT2D eigenvalue weighted by Gasteiger charge is -1.82. The smallest absolute Gasteiger partial charge is 0.356 e. The Kier molecular flexibility index (Phi) is 11.8. The van der Waals surface area contributed by atoms with Gasteiger partial charge in [-0.3, -0.25) is 4.79 Å². The Morgan fingerprint density at radius 2 is 2.33 bits per heavy atom. The Hall–Kier alpha value is -0.770. The summed E-state index contributed by atoms with van der Waals surface area (Å²) in [6.45, 7) is 5.17. The van der Waals surface area contributed by atoms with Crippen molar-refractivity contribution in [1.82, 2.24) is 5.32 Å². The quantitative estimate of drug-likeness (QED) is 0.509. The Balaban J connectivity index is 0. The molecule has 0 rings (SSSR count). The first-order valence-electron chi connectivity index (χ1n) is 3.21. The monoisotopic (exact) mass is 194 g/mol. The Labute approximate surface area is 72.4 Å². The summed E-state index contributed by atoms with van der Waals surface area (Å²) in [7, 11) is -0.791. The highest BCUT2D eigenvalue weighted by molar-refractivity contribution is 7.32. The van der Waals surface area contributed by atoms with Gasteiger partial charge in [-0.1, -0.05) is 6.58 Å². The third-order valence-electron chi connectivity index (χ3n) is 0.671. The molecule has 0 saturated heterocycles. The summed E-state index contributed by atoms with van der Waals surface area (Å²) >= 11 is 0. The van der Waals surface area contributed by atoms with Gasteiger partial charge in [-0.05, 0) is 13.0 Å². The normalized spacial score (nSPS) is 9.08. The van der Waals surface area contributed by atoms with E-state index in [0.717, 1.165) is 0 Å². The summed E-state index contributed by atoms with van der Waals surface area (Å²) in [6, 6.07) is 0. The summed E-state index contributed by atoms with van der Waals surface area (Å²) in [5, 5.41) is 2.36.